The molecule has 0 aromatic heterocycles. The number of likely N-dealkylation sites (N-methyl/N-ethyl adjacent to an activating group) is 1. The van der Waals surface area contributed by atoms with E-state index in [2.05, 4.69) is 16.8 Å². The first-order valence-corrected chi connectivity index (χ1v) is 8.15. The van der Waals surface area contributed by atoms with Gasteiger partial charge in [-0.25, -0.2) is 0 Å². The minimum atomic E-state index is 0.126. The van der Waals surface area contributed by atoms with Crippen molar-refractivity contribution in [2.24, 2.45) is 0 Å². The Hall–Kier alpha value is -1.75. The normalized spacial score (nSPS) is 27.6. The van der Waals surface area contributed by atoms with E-state index in [9.17, 15) is 4.79 Å². The van der Waals surface area contributed by atoms with E-state index in [-0.39, 0.29) is 12.7 Å². The molecule has 0 aliphatic carbocycles. The molecule has 3 heterocycles. The Morgan fingerprint density at radius 2 is 1.86 bits per heavy atom. The number of carbonyl (C=O) groups excluding carboxylic acids is 1. The maximum absolute atomic E-state index is 12.9. The number of amides is 1. The van der Waals surface area contributed by atoms with Crippen LogP contribution in [0.4, 0.5) is 0 Å². The molecular formula is C17H22N2O3. The van der Waals surface area contributed by atoms with Crippen LogP contribution < -0.4 is 9.47 Å². The quantitative estimate of drug-likeness (QED) is 0.839. The van der Waals surface area contributed by atoms with Crippen molar-refractivity contribution in [1.29, 1.82) is 0 Å². The molecule has 3 aliphatic rings. The van der Waals surface area contributed by atoms with Gasteiger partial charge in [0, 0.05) is 24.2 Å². The lowest BCUT2D eigenvalue weighted by molar-refractivity contribution is 0.0664. The lowest BCUT2D eigenvalue weighted by Crippen LogP contribution is -2.47. The third-order valence-corrected chi connectivity index (χ3v) is 5.20. The minimum absolute atomic E-state index is 0.126. The predicted molar refractivity (Wildman–Crippen MR) is 82.3 cm³/mol. The smallest absolute Gasteiger partial charge is 0.254 e. The molecule has 3 aliphatic heterocycles. The summed E-state index contributed by atoms with van der Waals surface area (Å²) >= 11 is 0. The van der Waals surface area contributed by atoms with Crippen molar-refractivity contribution in [2.75, 3.05) is 26.9 Å². The van der Waals surface area contributed by atoms with E-state index in [0.717, 1.165) is 31.7 Å². The molecule has 5 heteroatoms. The molecule has 118 valence electrons. The molecule has 1 aromatic rings. The number of fused-ring (bicyclic) bond motifs is 1. The van der Waals surface area contributed by atoms with E-state index in [1.807, 2.05) is 18.2 Å². The number of nitrogens with zero attached hydrogens (tertiary/aromatic N) is 2. The van der Waals surface area contributed by atoms with Crippen LogP contribution in [0.5, 0.6) is 11.5 Å². The molecule has 0 saturated carbocycles. The number of benzene rings is 1. The summed E-state index contributed by atoms with van der Waals surface area (Å²) in [4.78, 5) is 17.4. The number of carbonyl (C=O) groups is 1. The summed E-state index contributed by atoms with van der Waals surface area (Å²) in [7, 11) is 2.18. The second kappa shape index (κ2) is 5.47. The maximum Gasteiger partial charge on any atom is 0.254 e. The van der Waals surface area contributed by atoms with Crippen LogP contribution in [0.25, 0.3) is 0 Å². The summed E-state index contributed by atoms with van der Waals surface area (Å²) in [6, 6.07) is 6.37. The molecular weight excluding hydrogens is 280 g/mol. The standard InChI is InChI=1S/C17H22N2O3/c1-18-8-2-4-13(18)14-5-3-9-19(14)17(20)12-6-7-15-16(10-12)22-11-21-15/h6-7,10,13-14H,2-5,8-9,11H2,1H3/t13-,14+/m1/s1. The molecule has 0 radical (unpaired) electrons. The average molecular weight is 302 g/mol. The number of rotatable bonds is 2. The summed E-state index contributed by atoms with van der Waals surface area (Å²) in [5.41, 5.74) is 0.705. The zero-order valence-electron chi connectivity index (χ0n) is 13.0. The van der Waals surface area contributed by atoms with Gasteiger partial charge in [0.05, 0.1) is 0 Å². The highest BCUT2D eigenvalue weighted by atomic mass is 16.7. The van der Waals surface area contributed by atoms with E-state index in [4.69, 9.17) is 9.47 Å². The first kappa shape index (κ1) is 13.9. The summed E-state index contributed by atoms with van der Waals surface area (Å²) in [6.07, 6.45) is 4.66. The Morgan fingerprint density at radius 3 is 2.68 bits per heavy atom. The fourth-order valence-electron chi connectivity index (χ4n) is 4.06. The van der Waals surface area contributed by atoms with Crippen molar-refractivity contribution in [3.05, 3.63) is 23.8 Å². The first-order chi connectivity index (χ1) is 10.7. The molecule has 0 unspecified atom stereocenters. The highest BCUT2D eigenvalue weighted by Gasteiger charge is 2.38. The fraction of sp³-hybridized carbons (Fsp3) is 0.588. The van der Waals surface area contributed by atoms with Crippen LogP contribution in [0.3, 0.4) is 0 Å². The summed E-state index contributed by atoms with van der Waals surface area (Å²) < 4.78 is 10.7. The van der Waals surface area contributed by atoms with Crippen molar-refractivity contribution >= 4 is 5.91 Å². The van der Waals surface area contributed by atoms with Crippen LogP contribution in [-0.2, 0) is 0 Å². The summed E-state index contributed by atoms with van der Waals surface area (Å²) in [6.45, 7) is 2.25. The van der Waals surface area contributed by atoms with Crippen LogP contribution in [0.1, 0.15) is 36.0 Å². The number of likely N-dealkylation sites (tertiary alicyclic amines) is 2. The van der Waals surface area contributed by atoms with Crippen molar-refractivity contribution in [1.82, 2.24) is 9.80 Å². The Kier molecular flexibility index (Phi) is 3.45. The van der Waals surface area contributed by atoms with E-state index in [1.165, 1.54) is 12.8 Å². The van der Waals surface area contributed by atoms with E-state index >= 15 is 0 Å². The molecule has 2 atom stereocenters. The SMILES string of the molecule is CN1CCC[C@@H]1[C@@H]1CCCN1C(=O)c1ccc2c(c1)OCO2. The zero-order chi connectivity index (χ0) is 15.1. The van der Waals surface area contributed by atoms with Gasteiger partial charge in [-0.15, -0.1) is 0 Å². The fourth-order valence-corrected chi connectivity index (χ4v) is 4.06. The zero-order valence-corrected chi connectivity index (χ0v) is 13.0. The molecule has 5 nitrogen and oxygen atoms in total. The third kappa shape index (κ3) is 2.24. The van der Waals surface area contributed by atoms with Crippen LogP contribution in [0.15, 0.2) is 18.2 Å². The van der Waals surface area contributed by atoms with Crippen LogP contribution in [0.2, 0.25) is 0 Å². The second-order valence-electron chi connectivity index (χ2n) is 6.47. The van der Waals surface area contributed by atoms with Gasteiger partial charge in [-0.05, 0) is 57.5 Å². The lowest BCUT2D eigenvalue weighted by atomic mass is 10.0. The van der Waals surface area contributed by atoms with Crippen LogP contribution >= 0.6 is 0 Å². The summed E-state index contributed by atoms with van der Waals surface area (Å²) in [5.74, 6) is 1.53. The maximum atomic E-state index is 12.9. The Morgan fingerprint density at radius 1 is 1.09 bits per heavy atom. The molecule has 4 rings (SSSR count). The lowest BCUT2D eigenvalue weighted by Gasteiger charge is -2.33. The van der Waals surface area contributed by atoms with E-state index in [1.54, 1.807) is 0 Å². The van der Waals surface area contributed by atoms with Gasteiger partial charge in [0.15, 0.2) is 11.5 Å². The predicted octanol–water partition coefficient (Wildman–Crippen LogP) is 2.11. The van der Waals surface area contributed by atoms with Gasteiger partial charge in [0.2, 0.25) is 6.79 Å². The molecule has 1 aromatic carbocycles. The van der Waals surface area contributed by atoms with Gasteiger partial charge in [-0.1, -0.05) is 0 Å². The van der Waals surface area contributed by atoms with Gasteiger partial charge >= 0.3 is 0 Å². The summed E-state index contributed by atoms with van der Waals surface area (Å²) in [5, 5.41) is 0. The van der Waals surface area contributed by atoms with Gasteiger partial charge in [0.1, 0.15) is 0 Å². The molecule has 0 spiro atoms. The Balaban J connectivity index is 1.56. The van der Waals surface area contributed by atoms with Crippen molar-refractivity contribution in [2.45, 2.75) is 37.8 Å². The topological polar surface area (TPSA) is 42.0 Å². The molecule has 2 fully saturated rings. The highest BCUT2D eigenvalue weighted by Crippen LogP contribution is 2.34. The van der Waals surface area contributed by atoms with E-state index in [0.29, 0.717) is 23.4 Å². The van der Waals surface area contributed by atoms with E-state index < -0.39 is 0 Å². The monoisotopic (exact) mass is 302 g/mol. The first-order valence-electron chi connectivity index (χ1n) is 8.15. The highest BCUT2D eigenvalue weighted by molar-refractivity contribution is 5.95. The van der Waals surface area contributed by atoms with Gasteiger partial charge in [-0.2, -0.15) is 0 Å². The van der Waals surface area contributed by atoms with Gasteiger partial charge in [-0.3, -0.25) is 4.79 Å². The Bertz CT molecular complexity index is 589. The second-order valence-corrected chi connectivity index (χ2v) is 6.47. The molecule has 1 amide bonds. The van der Waals surface area contributed by atoms with Crippen molar-refractivity contribution in [3.63, 3.8) is 0 Å². The number of ether oxygens (including phenoxy) is 2. The molecule has 22 heavy (non-hydrogen) atoms. The van der Waals surface area contributed by atoms with Crippen LogP contribution in [0, 0.1) is 0 Å². The van der Waals surface area contributed by atoms with Crippen molar-refractivity contribution in [3.8, 4) is 11.5 Å². The minimum Gasteiger partial charge on any atom is -0.454 e. The average Bonchev–Trinajstić information content (AvgIpc) is 3.25. The third-order valence-electron chi connectivity index (χ3n) is 5.20. The molecule has 0 N–H and O–H groups in total. The number of hydrogen-bond acceptors (Lipinski definition) is 4. The Labute approximate surface area is 130 Å². The molecule has 0 bridgehead atoms. The van der Waals surface area contributed by atoms with Gasteiger partial charge in [0.25, 0.3) is 5.91 Å². The largest absolute Gasteiger partial charge is 0.454 e. The number of hydrogen-bond donors (Lipinski definition) is 0. The van der Waals surface area contributed by atoms with Crippen molar-refractivity contribution < 1.29 is 14.3 Å². The van der Waals surface area contributed by atoms with Gasteiger partial charge < -0.3 is 19.3 Å². The molecule has 2 saturated heterocycles. The van der Waals surface area contributed by atoms with Crippen LogP contribution in [-0.4, -0.2) is 54.7 Å².